The van der Waals surface area contributed by atoms with Gasteiger partial charge in [0.05, 0.1) is 0 Å². The third kappa shape index (κ3) is 5.78. The van der Waals surface area contributed by atoms with Crippen LogP contribution in [0, 0.1) is 5.92 Å². The van der Waals surface area contributed by atoms with E-state index in [2.05, 4.69) is 22.9 Å². The lowest BCUT2D eigenvalue weighted by molar-refractivity contribution is -0.124. The van der Waals surface area contributed by atoms with Gasteiger partial charge >= 0.3 is 0 Å². The summed E-state index contributed by atoms with van der Waals surface area (Å²) in [5.74, 6) is -0.159. The predicted octanol–water partition coefficient (Wildman–Crippen LogP) is 2.41. The molecule has 1 heterocycles. The van der Waals surface area contributed by atoms with Crippen LogP contribution in [-0.2, 0) is 14.3 Å². The summed E-state index contributed by atoms with van der Waals surface area (Å²) >= 11 is 0. The first-order chi connectivity index (χ1) is 11.0. The summed E-state index contributed by atoms with van der Waals surface area (Å²) in [4.78, 5) is 24.2. The summed E-state index contributed by atoms with van der Waals surface area (Å²) in [5, 5.41) is 9.05. The molecule has 0 spiro atoms. The fraction of sp³-hybridized carbons (Fsp3) is 0.529. The second kappa shape index (κ2) is 9.61. The van der Waals surface area contributed by atoms with Crippen LogP contribution in [0.1, 0.15) is 26.7 Å². The zero-order valence-electron chi connectivity index (χ0n) is 14.3. The second-order valence-electron chi connectivity index (χ2n) is 6.01. The van der Waals surface area contributed by atoms with E-state index in [1.54, 1.807) is 25.1 Å². The molecule has 0 aromatic heterocycles. The van der Waals surface area contributed by atoms with Crippen molar-refractivity contribution >= 4 is 35.6 Å². The molecular formula is C17H26ClN3O3. The average molecular weight is 356 g/mol. The molecule has 1 aliphatic heterocycles. The Kier molecular flexibility index (Phi) is 8.18. The maximum atomic E-state index is 12.4. The van der Waals surface area contributed by atoms with Crippen LogP contribution in [-0.4, -0.2) is 37.6 Å². The molecule has 2 rings (SSSR count). The molecule has 1 saturated heterocycles. The molecule has 134 valence electrons. The molecule has 7 heteroatoms. The molecule has 1 unspecified atom stereocenters. The number of carbonyl (C=O) groups excluding carboxylic acids is 2. The molecule has 1 aliphatic rings. The number of benzene rings is 1. The molecule has 0 aliphatic carbocycles. The number of hydrogen-bond donors (Lipinski definition) is 3. The van der Waals surface area contributed by atoms with E-state index in [4.69, 9.17) is 4.74 Å². The number of amides is 2. The highest BCUT2D eigenvalue weighted by Crippen LogP contribution is 2.20. The van der Waals surface area contributed by atoms with Crippen LogP contribution in [0.15, 0.2) is 24.3 Å². The van der Waals surface area contributed by atoms with Crippen molar-refractivity contribution in [3.8, 4) is 0 Å². The van der Waals surface area contributed by atoms with Gasteiger partial charge in [0, 0.05) is 30.4 Å². The fourth-order valence-corrected chi connectivity index (χ4v) is 2.64. The van der Waals surface area contributed by atoms with Gasteiger partial charge in [-0.2, -0.15) is 0 Å². The summed E-state index contributed by atoms with van der Waals surface area (Å²) in [6, 6.07) is 7.51. The molecule has 2 amide bonds. The van der Waals surface area contributed by atoms with Crippen LogP contribution in [0.3, 0.4) is 0 Å². The molecule has 0 radical (unpaired) electrons. The topological polar surface area (TPSA) is 79.5 Å². The third-order valence-corrected chi connectivity index (χ3v) is 4.11. The molecular weight excluding hydrogens is 330 g/mol. The molecule has 3 atom stereocenters. The smallest absolute Gasteiger partial charge is 0.253 e. The highest BCUT2D eigenvalue weighted by Gasteiger charge is 2.24. The fourth-order valence-electron chi connectivity index (χ4n) is 2.64. The highest BCUT2D eigenvalue weighted by molar-refractivity contribution is 5.96. The van der Waals surface area contributed by atoms with Crippen LogP contribution in [0.4, 0.5) is 11.4 Å². The van der Waals surface area contributed by atoms with Crippen molar-refractivity contribution in [2.45, 2.75) is 38.8 Å². The van der Waals surface area contributed by atoms with Gasteiger partial charge in [0.1, 0.15) is 6.10 Å². The minimum atomic E-state index is -0.524. The van der Waals surface area contributed by atoms with Gasteiger partial charge in [-0.1, -0.05) is 6.07 Å². The van der Waals surface area contributed by atoms with Crippen molar-refractivity contribution in [3.63, 3.8) is 0 Å². The van der Waals surface area contributed by atoms with Gasteiger partial charge in [-0.05, 0) is 51.4 Å². The van der Waals surface area contributed by atoms with Gasteiger partial charge < -0.3 is 20.7 Å². The van der Waals surface area contributed by atoms with Gasteiger partial charge in [0.25, 0.3) is 5.91 Å². The van der Waals surface area contributed by atoms with Crippen LogP contribution >= 0.6 is 12.4 Å². The van der Waals surface area contributed by atoms with Crippen molar-refractivity contribution in [2.75, 3.05) is 24.3 Å². The van der Waals surface area contributed by atoms with E-state index in [0.717, 1.165) is 19.4 Å². The Bertz CT molecular complexity index is 568. The third-order valence-electron chi connectivity index (χ3n) is 4.11. The Balaban J connectivity index is 0.00000288. The van der Waals surface area contributed by atoms with E-state index in [9.17, 15) is 9.59 Å². The molecule has 1 fully saturated rings. The van der Waals surface area contributed by atoms with Crippen LogP contribution in [0.2, 0.25) is 0 Å². The Morgan fingerprint density at radius 3 is 2.58 bits per heavy atom. The largest absolute Gasteiger partial charge is 0.372 e. The van der Waals surface area contributed by atoms with Gasteiger partial charge in [0.15, 0.2) is 0 Å². The first-order valence-corrected chi connectivity index (χ1v) is 7.97. The summed E-state index contributed by atoms with van der Waals surface area (Å²) in [6.07, 6.45) is 1.16. The number of rotatable bonds is 5. The zero-order chi connectivity index (χ0) is 16.8. The number of hydrogen-bond acceptors (Lipinski definition) is 4. The first-order valence-electron chi connectivity index (χ1n) is 7.97. The number of nitrogens with one attached hydrogen (secondary N) is 3. The van der Waals surface area contributed by atoms with Gasteiger partial charge in [-0.25, -0.2) is 0 Å². The quantitative estimate of drug-likeness (QED) is 0.757. The number of ether oxygens (including phenoxy) is 1. The lowest BCUT2D eigenvalue weighted by Gasteiger charge is -2.27. The van der Waals surface area contributed by atoms with Crippen molar-refractivity contribution in [1.29, 1.82) is 0 Å². The molecule has 1 aromatic rings. The van der Waals surface area contributed by atoms with Crippen molar-refractivity contribution in [3.05, 3.63) is 24.3 Å². The molecule has 6 nitrogen and oxygen atoms in total. The molecule has 1 aromatic carbocycles. The summed E-state index contributed by atoms with van der Waals surface area (Å²) in [7, 11) is 1.49. The molecule has 24 heavy (non-hydrogen) atoms. The maximum absolute atomic E-state index is 12.4. The maximum Gasteiger partial charge on any atom is 0.253 e. The van der Waals surface area contributed by atoms with Crippen molar-refractivity contribution in [2.24, 2.45) is 5.92 Å². The summed E-state index contributed by atoms with van der Waals surface area (Å²) in [6.45, 7) is 4.63. The van der Waals surface area contributed by atoms with E-state index < -0.39 is 6.10 Å². The summed E-state index contributed by atoms with van der Waals surface area (Å²) in [5.41, 5.74) is 1.32. The standard InChI is InChI=1S/C17H25N3O3.ClH/c1-11-9-13(7-8-18-11)17(22)20-15-6-4-5-14(10-15)19-16(21)12(2)23-3;/h4-6,10-13,18H,7-9H2,1-3H3,(H,19,21)(H,20,22);1H/t11-,12?,13-;/m0./s1. The van der Waals surface area contributed by atoms with Crippen molar-refractivity contribution < 1.29 is 14.3 Å². The monoisotopic (exact) mass is 355 g/mol. The Labute approximate surface area is 149 Å². The number of carbonyl (C=O) groups is 2. The van der Waals surface area contributed by atoms with Crippen LogP contribution in [0.5, 0.6) is 0 Å². The SMILES string of the molecule is COC(C)C(=O)Nc1cccc(NC(=O)[C@H]2CCN[C@@H](C)C2)c1.Cl. The minimum absolute atomic E-state index is 0. The lowest BCUT2D eigenvalue weighted by atomic mass is 9.92. The number of halogens is 1. The van der Waals surface area contributed by atoms with Gasteiger partial charge in [-0.15, -0.1) is 12.4 Å². The second-order valence-corrected chi connectivity index (χ2v) is 6.01. The van der Waals surface area contributed by atoms with E-state index in [0.29, 0.717) is 17.4 Å². The predicted molar refractivity (Wildman–Crippen MR) is 97.6 cm³/mol. The Morgan fingerprint density at radius 2 is 1.96 bits per heavy atom. The van der Waals surface area contributed by atoms with E-state index in [1.807, 2.05) is 6.07 Å². The minimum Gasteiger partial charge on any atom is -0.372 e. The van der Waals surface area contributed by atoms with Crippen LogP contribution in [0.25, 0.3) is 0 Å². The van der Waals surface area contributed by atoms with Crippen molar-refractivity contribution in [1.82, 2.24) is 5.32 Å². The lowest BCUT2D eigenvalue weighted by Crippen LogP contribution is -2.40. The number of piperidine rings is 1. The van der Waals surface area contributed by atoms with Gasteiger partial charge in [0.2, 0.25) is 5.91 Å². The highest BCUT2D eigenvalue weighted by atomic mass is 35.5. The van der Waals surface area contributed by atoms with E-state index in [-0.39, 0.29) is 30.1 Å². The van der Waals surface area contributed by atoms with Crippen LogP contribution < -0.4 is 16.0 Å². The number of methoxy groups -OCH3 is 1. The molecule has 0 saturated carbocycles. The summed E-state index contributed by atoms with van der Waals surface area (Å²) < 4.78 is 4.98. The number of anilines is 2. The zero-order valence-corrected chi connectivity index (χ0v) is 15.1. The average Bonchev–Trinajstić information content (AvgIpc) is 2.54. The Morgan fingerprint density at radius 1 is 1.29 bits per heavy atom. The Hall–Kier alpha value is -1.63. The normalized spacial score (nSPS) is 21.3. The van der Waals surface area contributed by atoms with E-state index in [1.165, 1.54) is 7.11 Å². The van der Waals surface area contributed by atoms with Gasteiger partial charge in [-0.3, -0.25) is 9.59 Å². The molecule has 3 N–H and O–H groups in total. The molecule has 0 bridgehead atoms. The van der Waals surface area contributed by atoms with E-state index >= 15 is 0 Å². The first kappa shape index (κ1) is 20.4.